The summed E-state index contributed by atoms with van der Waals surface area (Å²) >= 11 is 0. The Morgan fingerprint density at radius 3 is 2.32 bits per heavy atom. The number of nitrogens with zero attached hydrogens (tertiary/aromatic N) is 2. The topological polar surface area (TPSA) is 28.2 Å². The molecule has 0 saturated heterocycles. The smallest absolute Gasteiger partial charge is 0.0572 e. The number of aromatic nitrogens is 1. The van der Waals surface area contributed by atoms with Crippen molar-refractivity contribution in [3.63, 3.8) is 0 Å². The minimum atomic E-state index is 0.254. The highest BCUT2D eigenvalue weighted by Gasteiger charge is 2.24. The lowest BCUT2D eigenvalue weighted by molar-refractivity contribution is 0.329. The normalized spacial score (nSPS) is 15.1. The number of hydrogen-bond acceptors (Lipinski definition) is 3. The van der Waals surface area contributed by atoms with E-state index in [-0.39, 0.29) is 5.41 Å². The van der Waals surface area contributed by atoms with Gasteiger partial charge in [-0.05, 0) is 37.9 Å². The lowest BCUT2D eigenvalue weighted by atomic mass is 9.87. The highest BCUT2D eigenvalue weighted by Crippen LogP contribution is 2.27. The van der Waals surface area contributed by atoms with Crippen molar-refractivity contribution in [2.24, 2.45) is 5.41 Å². The quantitative estimate of drug-likeness (QED) is 0.879. The third-order valence-corrected chi connectivity index (χ3v) is 3.97. The molecule has 0 amide bonds. The first-order valence-corrected chi connectivity index (χ1v) is 7.19. The fraction of sp³-hybridized carbons (Fsp3) is 0.688. The molecule has 3 nitrogen and oxygen atoms in total. The van der Waals surface area contributed by atoms with E-state index in [1.165, 1.54) is 5.69 Å². The fourth-order valence-corrected chi connectivity index (χ4v) is 2.08. The largest absolute Gasteiger partial charge is 0.370 e. The SMILES string of the molecule is CCNC(C)c1ccc(N(C)C(C)C(C)(C)C)cn1. The summed E-state index contributed by atoms with van der Waals surface area (Å²) in [7, 11) is 2.14. The van der Waals surface area contributed by atoms with Crippen LogP contribution < -0.4 is 10.2 Å². The number of rotatable bonds is 5. The highest BCUT2D eigenvalue weighted by molar-refractivity contribution is 5.45. The Bertz CT molecular complexity index is 378. The van der Waals surface area contributed by atoms with E-state index in [1.54, 1.807) is 0 Å². The van der Waals surface area contributed by atoms with Crippen LogP contribution in [0.4, 0.5) is 5.69 Å². The van der Waals surface area contributed by atoms with Crippen LogP contribution in [0.3, 0.4) is 0 Å². The van der Waals surface area contributed by atoms with Crippen molar-refractivity contribution in [1.29, 1.82) is 0 Å². The van der Waals surface area contributed by atoms with E-state index in [4.69, 9.17) is 0 Å². The maximum atomic E-state index is 4.58. The number of pyridine rings is 1. The molecular formula is C16H29N3. The summed E-state index contributed by atoms with van der Waals surface area (Å²) in [5.74, 6) is 0. The van der Waals surface area contributed by atoms with Gasteiger partial charge in [-0.2, -0.15) is 0 Å². The van der Waals surface area contributed by atoms with Crippen LogP contribution in [0.15, 0.2) is 18.3 Å². The number of hydrogen-bond donors (Lipinski definition) is 1. The van der Waals surface area contributed by atoms with Crippen LogP contribution in [-0.4, -0.2) is 24.6 Å². The molecule has 0 radical (unpaired) electrons. The van der Waals surface area contributed by atoms with Crippen LogP contribution in [0.25, 0.3) is 0 Å². The van der Waals surface area contributed by atoms with Gasteiger partial charge < -0.3 is 10.2 Å². The second-order valence-corrected chi connectivity index (χ2v) is 6.37. The predicted molar refractivity (Wildman–Crippen MR) is 83.6 cm³/mol. The molecule has 0 aliphatic rings. The zero-order chi connectivity index (χ0) is 14.6. The minimum absolute atomic E-state index is 0.254. The Morgan fingerprint density at radius 1 is 1.26 bits per heavy atom. The second-order valence-electron chi connectivity index (χ2n) is 6.37. The van der Waals surface area contributed by atoms with E-state index in [1.807, 2.05) is 6.20 Å². The van der Waals surface area contributed by atoms with E-state index in [0.717, 1.165) is 12.2 Å². The predicted octanol–water partition coefficient (Wildman–Crippen LogP) is 3.62. The van der Waals surface area contributed by atoms with Gasteiger partial charge in [0.1, 0.15) is 0 Å². The van der Waals surface area contributed by atoms with Crippen LogP contribution in [-0.2, 0) is 0 Å². The second kappa shape index (κ2) is 6.38. The summed E-state index contributed by atoms with van der Waals surface area (Å²) in [6, 6.07) is 5.06. The van der Waals surface area contributed by atoms with Gasteiger partial charge in [0.2, 0.25) is 0 Å². The van der Waals surface area contributed by atoms with Crippen molar-refractivity contribution >= 4 is 5.69 Å². The minimum Gasteiger partial charge on any atom is -0.370 e. The molecular weight excluding hydrogens is 234 g/mol. The van der Waals surface area contributed by atoms with Crippen molar-refractivity contribution in [1.82, 2.24) is 10.3 Å². The molecule has 0 saturated carbocycles. The molecule has 0 aromatic carbocycles. The third kappa shape index (κ3) is 4.20. The Morgan fingerprint density at radius 2 is 1.89 bits per heavy atom. The van der Waals surface area contributed by atoms with E-state index in [2.05, 4.69) is 75.9 Å². The summed E-state index contributed by atoms with van der Waals surface area (Å²) in [6.45, 7) is 14.3. The first-order chi connectivity index (χ1) is 8.77. The molecule has 108 valence electrons. The lowest BCUT2D eigenvalue weighted by Gasteiger charge is -2.36. The van der Waals surface area contributed by atoms with E-state index in [0.29, 0.717) is 12.1 Å². The first-order valence-electron chi connectivity index (χ1n) is 7.19. The molecule has 1 rings (SSSR count). The van der Waals surface area contributed by atoms with Gasteiger partial charge in [0.15, 0.2) is 0 Å². The molecule has 0 fully saturated rings. The van der Waals surface area contributed by atoms with Gasteiger partial charge in [0, 0.05) is 19.1 Å². The standard InChI is InChI=1S/C16H29N3/c1-8-17-12(2)15-10-9-14(11-18-15)19(7)13(3)16(4,5)6/h9-13,17H,8H2,1-7H3. The third-order valence-electron chi connectivity index (χ3n) is 3.97. The van der Waals surface area contributed by atoms with Gasteiger partial charge >= 0.3 is 0 Å². The zero-order valence-corrected chi connectivity index (χ0v) is 13.5. The Balaban J connectivity index is 2.81. The molecule has 0 aliphatic carbocycles. The molecule has 2 unspecified atom stereocenters. The zero-order valence-electron chi connectivity index (χ0n) is 13.5. The molecule has 1 aromatic rings. The lowest BCUT2D eigenvalue weighted by Crippen LogP contribution is -2.39. The van der Waals surface area contributed by atoms with Gasteiger partial charge in [0.05, 0.1) is 17.6 Å². The summed E-state index contributed by atoms with van der Waals surface area (Å²) in [5.41, 5.74) is 2.53. The van der Waals surface area contributed by atoms with Crippen LogP contribution in [0, 0.1) is 5.41 Å². The average molecular weight is 263 g/mol. The number of nitrogens with one attached hydrogen (secondary N) is 1. The van der Waals surface area contributed by atoms with Crippen LogP contribution >= 0.6 is 0 Å². The van der Waals surface area contributed by atoms with Crippen molar-refractivity contribution in [2.75, 3.05) is 18.5 Å². The van der Waals surface area contributed by atoms with Crippen LogP contribution in [0.5, 0.6) is 0 Å². The van der Waals surface area contributed by atoms with Crippen LogP contribution in [0.1, 0.15) is 53.3 Å². The summed E-state index contributed by atoms with van der Waals surface area (Å²) in [5, 5.41) is 3.38. The van der Waals surface area contributed by atoms with E-state index < -0.39 is 0 Å². The number of anilines is 1. The van der Waals surface area contributed by atoms with Crippen molar-refractivity contribution in [2.45, 2.75) is 53.6 Å². The van der Waals surface area contributed by atoms with Gasteiger partial charge in [-0.3, -0.25) is 4.98 Å². The van der Waals surface area contributed by atoms with Gasteiger partial charge in [-0.1, -0.05) is 27.7 Å². The summed E-state index contributed by atoms with van der Waals surface area (Å²) < 4.78 is 0. The molecule has 1 aromatic heterocycles. The first kappa shape index (κ1) is 16.0. The van der Waals surface area contributed by atoms with E-state index >= 15 is 0 Å². The van der Waals surface area contributed by atoms with Gasteiger partial charge in [0.25, 0.3) is 0 Å². The van der Waals surface area contributed by atoms with Gasteiger partial charge in [-0.15, -0.1) is 0 Å². The maximum absolute atomic E-state index is 4.58. The Hall–Kier alpha value is -1.09. The molecule has 0 aliphatic heterocycles. The van der Waals surface area contributed by atoms with Crippen molar-refractivity contribution in [3.8, 4) is 0 Å². The molecule has 19 heavy (non-hydrogen) atoms. The maximum Gasteiger partial charge on any atom is 0.0572 e. The fourth-order valence-electron chi connectivity index (χ4n) is 2.08. The monoisotopic (exact) mass is 263 g/mol. The molecule has 1 heterocycles. The summed E-state index contributed by atoms with van der Waals surface area (Å²) in [6.07, 6.45) is 1.98. The molecule has 0 spiro atoms. The molecule has 2 atom stereocenters. The van der Waals surface area contributed by atoms with Gasteiger partial charge in [-0.25, -0.2) is 0 Å². The molecule has 1 N–H and O–H groups in total. The van der Waals surface area contributed by atoms with E-state index in [9.17, 15) is 0 Å². The highest BCUT2D eigenvalue weighted by atomic mass is 15.1. The summed E-state index contributed by atoms with van der Waals surface area (Å²) in [4.78, 5) is 6.88. The van der Waals surface area contributed by atoms with Crippen molar-refractivity contribution < 1.29 is 0 Å². The van der Waals surface area contributed by atoms with Crippen LogP contribution in [0.2, 0.25) is 0 Å². The Kier molecular flexibility index (Phi) is 5.36. The molecule has 0 bridgehead atoms. The average Bonchev–Trinajstić information content (AvgIpc) is 2.36. The Labute approximate surface area is 118 Å². The molecule has 3 heteroatoms. The van der Waals surface area contributed by atoms with Crippen molar-refractivity contribution in [3.05, 3.63) is 24.0 Å².